The zero-order valence-corrected chi connectivity index (χ0v) is 13.4. The molecule has 0 bridgehead atoms. The predicted octanol–water partition coefficient (Wildman–Crippen LogP) is 0.405. The molecule has 3 N–H and O–H groups in total. The normalized spacial score (nSPS) is 20.6. The third kappa shape index (κ3) is 3.31. The van der Waals surface area contributed by atoms with Crippen molar-refractivity contribution in [3.05, 3.63) is 0 Å². The summed E-state index contributed by atoms with van der Waals surface area (Å²) in [4.78, 5) is 2.49. The van der Waals surface area contributed by atoms with Gasteiger partial charge in [-0.25, -0.2) is 8.42 Å². The van der Waals surface area contributed by atoms with Crippen molar-refractivity contribution in [1.82, 2.24) is 9.27 Å². The van der Waals surface area contributed by atoms with E-state index in [1.165, 1.54) is 0 Å². The molecule has 2 heterocycles. The third-order valence-corrected chi connectivity index (χ3v) is 7.02. The van der Waals surface area contributed by atoms with E-state index in [0.717, 1.165) is 57.2 Å². The average Bonchev–Trinajstić information content (AvgIpc) is 3.25. The number of sulfone groups is 1. The minimum absolute atomic E-state index is 0.126. The SMILES string of the molecule is Nc1nsc(NCCN2CCOCC2)c1S(=O)(=O)C1CC1. The zero-order chi connectivity index (χ0) is 14.9. The standard InChI is InChI=1S/C12H20N4O3S2/c13-11-10(21(17,18)9-1-2-9)12(20-15-11)14-3-4-16-5-7-19-8-6-16/h9,14H,1-8H2,(H2,13,15). The molecule has 7 nitrogen and oxygen atoms in total. The summed E-state index contributed by atoms with van der Waals surface area (Å²) in [5.41, 5.74) is 5.76. The lowest BCUT2D eigenvalue weighted by Gasteiger charge is -2.26. The van der Waals surface area contributed by atoms with E-state index in [4.69, 9.17) is 10.5 Å². The van der Waals surface area contributed by atoms with Crippen molar-refractivity contribution < 1.29 is 13.2 Å². The van der Waals surface area contributed by atoms with Gasteiger partial charge in [-0.2, -0.15) is 4.37 Å². The van der Waals surface area contributed by atoms with Crippen LogP contribution in [0.25, 0.3) is 0 Å². The summed E-state index contributed by atoms with van der Waals surface area (Å²) in [6.07, 6.45) is 1.45. The highest BCUT2D eigenvalue weighted by molar-refractivity contribution is 7.92. The molecule has 2 fully saturated rings. The average molecular weight is 332 g/mol. The first-order valence-corrected chi connectivity index (χ1v) is 9.44. The summed E-state index contributed by atoms with van der Waals surface area (Å²) in [7, 11) is -3.31. The van der Waals surface area contributed by atoms with E-state index >= 15 is 0 Å². The first-order chi connectivity index (χ1) is 10.1. The predicted molar refractivity (Wildman–Crippen MR) is 82.5 cm³/mol. The molecule has 1 saturated heterocycles. The van der Waals surface area contributed by atoms with Crippen molar-refractivity contribution in [2.75, 3.05) is 50.4 Å². The summed E-state index contributed by atoms with van der Waals surface area (Å²) >= 11 is 1.13. The number of aromatic nitrogens is 1. The van der Waals surface area contributed by atoms with Crippen LogP contribution in [-0.2, 0) is 14.6 Å². The van der Waals surface area contributed by atoms with E-state index in [1.54, 1.807) is 0 Å². The molecule has 1 aliphatic heterocycles. The fourth-order valence-corrected chi connectivity index (χ4v) is 5.29. The molecule has 1 aromatic rings. The van der Waals surface area contributed by atoms with Crippen LogP contribution in [0.5, 0.6) is 0 Å². The summed E-state index contributed by atoms with van der Waals surface area (Å²) in [6, 6.07) is 0. The molecule has 0 spiro atoms. The first kappa shape index (κ1) is 15.0. The maximum atomic E-state index is 12.4. The van der Waals surface area contributed by atoms with E-state index in [2.05, 4.69) is 14.6 Å². The van der Waals surface area contributed by atoms with E-state index in [1.807, 2.05) is 0 Å². The van der Waals surface area contributed by atoms with Gasteiger partial charge in [-0.3, -0.25) is 4.90 Å². The fourth-order valence-electron chi connectivity index (χ4n) is 2.38. The Morgan fingerprint density at radius 1 is 1.38 bits per heavy atom. The van der Waals surface area contributed by atoms with Crippen LogP contribution in [0.2, 0.25) is 0 Å². The summed E-state index contributed by atoms with van der Waals surface area (Å²) in [6.45, 7) is 4.88. The van der Waals surface area contributed by atoms with Crippen LogP contribution in [0.4, 0.5) is 10.8 Å². The summed E-state index contributed by atoms with van der Waals surface area (Å²) in [5, 5.41) is 3.49. The molecule has 1 aromatic heterocycles. The molecule has 118 valence electrons. The highest BCUT2D eigenvalue weighted by Gasteiger charge is 2.40. The minimum Gasteiger partial charge on any atom is -0.382 e. The number of rotatable bonds is 6. The van der Waals surface area contributed by atoms with Gasteiger partial charge in [0.1, 0.15) is 9.90 Å². The van der Waals surface area contributed by atoms with Crippen LogP contribution in [0.3, 0.4) is 0 Å². The Morgan fingerprint density at radius 2 is 2.10 bits per heavy atom. The fraction of sp³-hybridized carbons (Fsp3) is 0.750. The molecule has 0 radical (unpaired) electrons. The van der Waals surface area contributed by atoms with Crippen LogP contribution in [0.15, 0.2) is 4.90 Å². The number of hydrogen-bond acceptors (Lipinski definition) is 8. The number of morpholine rings is 1. The Morgan fingerprint density at radius 3 is 2.76 bits per heavy atom. The largest absolute Gasteiger partial charge is 0.382 e. The van der Waals surface area contributed by atoms with Crippen molar-refractivity contribution in [1.29, 1.82) is 0 Å². The smallest absolute Gasteiger partial charge is 0.187 e. The van der Waals surface area contributed by atoms with Gasteiger partial charge in [0.15, 0.2) is 15.7 Å². The zero-order valence-electron chi connectivity index (χ0n) is 11.7. The van der Waals surface area contributed by atoms with E-state index in [-0.39, 0.29) is 16.0 Å². The van der Waals surface area contributed by atoms with Crippen molar-refractivity contribution >= 4 is 32.2 Å². The Hall–Kier alpha value is -0.900. The lowest BCUT2D eigenvalue weighted by atomic mass is 10.4. The van der Waals surface area contributed by atoms with Gasteiger partial charge in [0.25, 0.3) is 0 Å². The first-order valence-electron chi connectivity index (χ1n) is 7.12. The molecular formula is C12H20N4O3S2. The lowest BCUT2D eigenvalue weighted by Crippen LogP contribution is -2.39. The maximum Gasteiger partial charge on any atom is 0.187 e. The van der Waals surface area contributed by atoms with Crippen molar-refractivity contribution in [2.45, 2.75) is 23.0 Å². The van der Waals surface area contributed by atoms with Crippen LogP contribution in [0, 0.1) is 0 Å². The molecule has 1 saturated carbocycles. The van der Waals surface area contributed by atoms with Crippen LogP contribution >= 0.6 is 11.5 Å². The molecule has 0 aromatic carbocycles. The second-order valence-electron chi connectivity index (χ2n) is 5.35. The quantitative estimate of drug-likeness (QED) is 0.778. The molecule has 0 unspecified atom stereocenters. The lowest BCUT2D eigenvalue weighted by molar-refractivity contribution is 0.0398. The monoisotopic (exact) mass is 332 g/mol. The molecular weight excluding hydrogens is 312 g/mol. The van der Waals surface area contributed by atoms with Gasteiger partial charge in [0, 0.05) is 26.2 Å². The highest BCUT2D eigenvalue weighted by atomic mass is 32.2. The molecule has 0 atom stereocenters. The molecule has 21 heavy (non-hydrogen) atoms. The molecule has 1 aliphatic carbocycles. The van der Waals surface area contributed by atoms with E-state index < -0.39 is 9.84 Å². The number of nitrogens with two attached hydrogens (primary N) is 1. The summed E-state index contributed by atoms with van der Waals surface area (Å²) in [5.74, 6) is 0.126. The Balaban J connectivity index is 1.63. The number of ether oxygens (including phenoxy) is 1. The van der Waals surface area contributed by atoms with Gasteiger partial charge < -0.3 is 15.8 Å². The van der Waals surface area contributed by atoms with E-state index in [9.17, 15) is 8.42 Å². The third-order valence-electron chi connectivity index (χ3n) is 3.74. The van der Waals surface area contributed by atoms with Gasteiger partial charge in [0.2, 0.25) is 0 Å². The van der Waals surface area contributed by atoms with Crippen LogP contribution in [0.1, 0.15) is 12.8 Å². The highest BCUT2D eigenvalue weighted by Crippen LogP contribution is 2.40. The van der Waals surface area contributed by atoms with Crippen LogP contribution in [-0.4, -0.2) is 62.3 Å². The Kier molecular flexibility index (Phi) is 4.34. The number of hydrogen-bond donors (Lipinski definition) is 2. The van der Waals surface area contributed by atoms with Crippen molar-refractivity contribution in [2.24, 2.45) is 0 Å². The Labute approximate surface area is 128 Å². The second kappa shape index (κ2) is 6.07. The maximum absolute atomic E-state index is 12.4. The number of anilines is 2. The summed E-state index contributed by atoms with van der Waals surface area (Å²) < 4.78 is 34.1. The molecule has 9 heteroatoms. The van der Waals surface area contributed by atoms with Crippen molar-refractivity contribution in [3.8, 4) is 0 Å². The number of nitrogen functional groups attached to an aromatic ring is 1. The van der Waals surface area contributed by atoms with Gasteiger partial charge in [-0.1, -0.05) is 0 Å². The van der Waals surface area contributed by atoms with Gasteiger partial charge >= 0.3 is 0 Å². The minimum atomic E-state index is -3.31. The topological polar surface area (TPSA) is 97.5 Å². The van der Waals surface area contributed by atoms with Gasteiger partial charge in [0.05, 0.1) is 18.5 Å². The molecule has 3 rings (SSSR count). The number of nitrogens with zero attached hydrogens (tertiary/aromatic N) is 2. The van der Waals surface area contributed by atoms with Crippen molar-refractivity contribution in [3.63, 3.8) is 0 Å². The second-order valence-corrected chi connectivity index (χ2v) is 8.29. The Bertz CT molecular complexity index is 592. The van der Waals surface area contributed by atoms with Gasteiger partial charge in [-0.15, -0.1) is 0 Å². The molecule has 0 amide bonds. The molecule has 2 aliphatic rings. The number of nitrogens with one attached hydrogen (secondary N) is 1. The van der Waals surface area contributed by atoms with Crippen LogP contribution < -0.4 is 11.1 Å². The van der Waals surface area contributed by atoms with E-state index in [0.29, 0.717) is 11.5 Å². The van der Waals surface area contributed by atoms with Gasteiger partial charge in [-0.05, 0) is 24.4 Å².